The highest BCUT2D eigenvalue weighted by Crippen LogP contribution is 2.24. The third-order valence-corrected chi connectivity index (χ3v) is 2.08. The Hall–Kier alpha value is -1.95. The zero-order chi connectivity index (χ0) is 12.3. The smallest absolute Gasteiger partial charge is 0.339 e. The number of carboxylic acids is 1. The zero-order valence-electron chi connectivity index (χ0n) is 9.57. The summed E-state index contributed by atoms with van der Waals surface area (Å²) in [5.74, 6) is 1.73. The number of benzene rings is 1. The molecule has 0 aliphatic rings. The Balaban J connectivity index is 3.15. The molecule has 0 radical (unpaired) electrons. The van der Waals surface area contributed by atoms with E-state index in [4.69, 9.17) is 16.3 Å². The standard InChI is InChI=1S/C13H14O3/c1-5-13(3,4)16-11-7-6-9(2)8-10(11)12(14)15/h1,6-8H,2-4H3,(H,14,15). The second-order valence-electron chi connectivity index (χ2n) is 4.06. The minimum Gasteiger partial charge on any atom is -0.478 e. The fourth-order valence-corrected chi connectivity index (χ4v) is 1.20. The van der Waals surface area contributed by atoms with Crippen molar-refractivity contribution in [2.24, 2.45) is 0 Å². The third-order valence-electron chi connectivity index (χ3n) is 2.08. The van der Waals surface area contributed by atoms with Gasteiger partial charge in [0, 0.05) is 0 Å². The van der Waals surface area contributed by atoms with Gasteiger partial charge in [-0.3, -0.25) is 0 Å². The van der Waals surface area contributed by atoms with Gasteiger partial charge in [0.15, 0.2) is 5.60 Å². The molecule has 1 rings (SSSR count). The van der Waals surface area contributed by atoms with E-state index in [1.54, 1.807) is 32.0 Å². The van der Waals surface area contributed by atoms with Crippen molar-refractivity contribution < 1.29 is 14.6 Å². The number of rotatable bonds is 3. The lowest BCUT2D eigenvalue weighted by molar-refractivity contribution is 0.0686. The van der Waals surface area contributed by atoms with Gasteiger partial charge in [-0.05, 0) is 32.9 Å². The Bertz CT molecular complexity index is 453. The average Bonchev–Trinajstić information content (AvgIpc) is 2.20. The number of aromatic carboxylic acids is 1. The summed E-state index contributed by atoms with van der Waals surface area (Å²) < 4.78 is 5.48. The van der Waals surface area contributed by atoms with Crippen molar-refractivity contribution in [1.29, 1.82) is 0 Å². The van der Waals surface area contributed by atoms with E-state index >= 15 is 0 Å². The van der Waals surface area contributed by atoms with Crippen LogP contribution in [0.2, 0.25) is 0 Å². The molecule has 1 N–H and O–H groups in total. The molecule has 0 spiro atoms. The number of hydrogen-bond donors (Lipinski definition) is 1. The van der Waals surface area contributed by atoms with E-state index in [2.05, 4.69) is 5.92 Å². The molecule has 0 fully saturated rings. The van der Waals surface area contributed by atoms with E-state index in [9.17, 15) is 4.79 Å². The van der Waals surface area contributed by atoms with Gasteiger partial charge in [-0.15, -0.1) is 6.42 Å². The van der Waals surface area contributed by atoms with Crippen molar-refractivity contribution in [3.8, 4) is 18.1 Å². The maximum atomic E-state index is 11.0. The second kappa shape index (κ2) is 4.28. The van der Waals surface area contributed by atoms with E-state index < -0.39 is 11.6 Å². The van der Waals surface area contributed by atoms with Crippen LogP contribution in [0.1, 0.15) is 29.8 Å². The van der Waals surface area contributed by atoms with Crippen molar-refractivity contribution in [2.75, 3.05) is 0 Å². The molecule has 0 unspecified atom stereocenters. The van der Waals surface area contributed by atoms with Gasteiger partial charge in [-0.1, -0.05) is 17.6 Å². The Morgan fingerprint density at radius 3 is 2.62 bits per heavy atom. The van der Waals surface area contributed by atoms with Gasteiger partial charge < -0.3 is 9.84 Å². The van der Waals surface area contributed by atoms with Crippen LogP contribution < -0.4 is 4.74 Å². The maximum Gasteiger partial charge on any atom is 0.339 e. The van der Waals surface area contributed by atoms with E-state index in [0.29, 0.717) is 5.75 Å². The summed E-state index contributed by atoms with van der Waals surface area (Å²) in [6.45, 7) is 5.24. The van der Waals surface area contributed by atoms with Gasteiger partial charge in [-0.2, -0.15) is 0 Å². The Labute approximate surface area is 95.1 Å². The number of carbonyl (C=O) groups is 1. The summed E-state index contributed by atoms with van der Waals surface area (Å²) in [4.78, 5) is 11.0. The predicted molar refractivity (Wildman–Crippen MR) is 61.7 cm³/mol. The first-order chi connectivity index (χ1) is 7.35. The first-order valence-electron chi connectivity index (χ1n) is 4.86. The number of aryl methyl sites for hydroxylation is 1. The zero-order valence-corrected chi connectivity index (χ0v) is 9.57. The molecule has 3 nitrogen and oxygen atoms in total. The van der Waals surface area contributed by atoms with Crippen LogP contribution in [0.25, 0.3) is 0 Å². The molecule has 0 amide bonds. The highest BCUT2D eigenvalue weighted by atomic mass is 16.5. The van der Waals surface area contributed by atoms with Crippen molar-refractivity contribution in [3.05, 3.63) is 29.3 Å². The van der Waals surface area contributed by atoms with Crippen LogP contribution in [0.4, 0.5) is 0 Å². The summed E-state index contributed by atoms with van der Waals surface area (Å²) in [6, 6.07) is 4.97. The molecule has 84 valence electrons. The average molecular weight is 218 g/mol. The topological polar surface area (TPSA) is 46.5 Å². The van der Waals surface area contributed by atoms with Crippen LogP contribution >= 0.6 is 0 Å². The lowest BCUT2D eigenvalue weighted by atomic mass is 10.1. The van der Waals surface area contributed by atoms with E-state index in [0.717, 1.165) is 5.56 Å². The molecule has 1 aromatic carbocycles. The van der Waals surface area contributed by atoms with Crippen LogP contribution in [0.5, 0.6) is 5.75 Å². The molecule has 0 saturated carbocycles. The molecular weight excluding hydrogens is 204 g/mol. The van der Waals surface area contributed by atoms with Gasteiger partial charge in [0.1, 0.15) is 11.3 Å². The van der Waals surface area contributed by atoms with Crippen molar-refractivity contribution in [2.45, 2.75) is 26.4 Å². The lowest BCUT2D eigenvalue weighted by Gasteiger charge is -2.21. The summed E-state index contributed by atoms with van der Waals surface area (Å²) in [6.07, 6.45) is 5.29. The minimum absolute atomic E-state index is 0.128. The first-order valence-corrected chi connectivity index (χ1v) is 4.86. The highest BCUT2D eigenvalue weighted by molar-refractivity contribution is 5.91. The van der Waals surface area contributed by atoms with Gasteiger partial charge in [0.25, 0.3) is 0 Å². The number of ether oxygens (including phenoxy) is 1. The maximum absolute atomic E-state index is 11.0. The summed E-state index contributed by atoms with van der Waals surface area (Å²) >= 11 is 0. The molecule has 0 saturated heterocycles. The fraction of sp³-hybridized carbons (Fsp3) is 0.308. The molecular formula is C13H14O3. The van der Waals surface area contributed by atoms with Crippen molar-refractivity contribution >= 4 is 5.97 Å². The van der Waals surface area contributed by atoms with E-state index in [1.807, 2.05) is 6.92 Å². The van der Waals surface area contributed by atoms with Crippen LogP contribution in [0, 0.1) is 19.3 Å². The summed E-state index contributed by atoms with van der Waals surface area (Å²) in [5, 5.41) is 9.03. The molecule has 1 aromatic rings. The van der Waals surface area contributed by atoms with Crippen molar-refractivity contribution in [3.63, 3.8) is 0 Å². The SMILES string of the molecule is C#CC(C)(C)Oc1ccc(C)cc1C(=O)O. The monoisotopic (exact) mass is 218 g/mol. The van der Waals surface area contributed by atoms with Gasteiger partial charge in [0.2, 0.25) is 0 Å². The first kappa shape index (κ1) is 12.1. The number of carboxylic acid groups (broad SMARTS) is 1. The van der Waals surface area contributed by atoms with E-state index in [1.165, 1.54) is 0 Å². The molecule has 0 bridgehead atoms. The van der Waals surface area contributed by atoms with Crippen LogP contribution in [0.3, 0.4) is 0 Å². The molecule has 3 heteroatoms. The molecule has 0 aromatic heterocycles. The normalized spacial score (nSPS) is 10.6. The lowest BCUT2D eigenvalue weighted by Crippen LogP contribution is -2.26. The van der Waals surface area contributed by atoms with Crippen LogP contribution in [-0.4, -0.2) is 16.7 Å². The third kappa shape index (κ3) is 2.77. The van der Waals surface area contributed by atoms with Crippen molar-refractivity contribution in [1.82, 2.24) is 0 Å². The number of terminal acetylenes is 1. The fourth-order valence-electron chi connectivity index (χ4n) is 1.20. The second-order valence-corrected chi connectivity index (χ2v) is 4.06. The van der Waals surface area contributed by atoms with Gasteiger partial charge >= 0.3 is 5.97 Å². The van der Waals surface area contributed by atoms with Crippen LogP contribution in [-0.2, 0) is 0 Å². The Kier molecular flexibility index (Phi) is 3.24. The molecule has 16 heavy (non-hydrogen) atoms. The predicted octanol–water partition coefficient (Wildman–Crippen LogP) is 2.48. The largest absolute Gasteiger partial charge is 0.478 e. The quantitative estimate of drug-likeness (QED) is 0.793. The number of hydrogen-bond acceptors (Lipinski definition) is 2. The van der Waals surface area contributed by atoms with E-state index in [-0.39, 0.29) is 5.56 Å². The molecule has 0 atom stereocenters. The highest BCUT2D eigenvalue weighted by Gasteiger charge is 2.20. The molecule has 0 aliphatic heterocycles. The Morgan fingerprint density at radius 1 is 1.50 bits per heavy atom. The van der Waals surface area contributed by atoms with Crippen LogP contribution in [0.15, 0.2) is 18.2 Å². The Morgan fingerprint density at radius 2 is 2.12 bits per heavy atom. The van der Waals surface area contributed by atoms with Gasteiger partial charge in [0.05, 0.1) is 0 Å². The van der Waals surface area contributed by atoms with Gasteiger partial charge in [-0.25, -0.2) is 4.79 Å². The summed E-state index contributed by atoms with van der Waals surface area (Å²) in [7, 11) is 0. The molecule has 0 heterocycles. The molecule has 0 aliphatic carbocycles. The minimum atomic E-state index is -1.02. The summed E-state index contributed by atoms with van der Waals surface area (Å²) in [5.41, 5.74) is 0.172.